The molecule has 0 aliphatic rings. The van der Waals surface area contributed by atoms with Crippen LogP contribution >= 0.6 is 27.5 Å². The van der Waals surface area contributed by atoms with Gasteiger partial charge < -0.3 is 10.6 Å². The van der Waals surface area contributed by atoms with Crippen LogP contribution in [0.2, 0.25) is 5.02 Å². The standard InChI is InChI=1S/C17H16BrClN2O2/c1-11(13-3-2-4-15(19)9-13)21-16(22)10-20-17(23)12-5-7-14(18)8-6-12/h2-9,11H,10H2,1H3,(H,20,23)(H,21,22)/t11-/m0/s1. The van der Waals surface area contributed by atoms with Gasteiger partial charge in [-0.1, -0.05) is 39.7 Å². The van der Waals surface area contributed by atoms with Gasteiger partial charge in [0.1, 0.15) is 0 Å². The van der Waals surface area contributed by atoms with Crippen molar-refractivity contribution in [2.45, 2.75) is 13.0 Å². The second kappa shape index (κ2) is 8.13. The number of hydrogen-bond donors (Lipinski definition) is 2. The van der Waals surface area contributed by atoms with E-state index >= 15 is 0 Å². The third-order valence-electron chi connectivity index (χ3n) is 3.24. The third kappa shape index (κ3) is 5.37. The molecule has 0 aromatic heterocycles. The number of rotatable bonds is 5. The van der Waals surface area contributed by atoms with Gasteiger partial charge in [-0.05, 0) is 48.9 Å². The van der Waals surface area contributed by atoms with Crippen molar-refractivity contribution >= 4 is 39.3 Å². The fourth-order valence-corrected chi connectivity index (χ4v) is 2.48. The van der Waals surface area contributed by atoms with E-state index in [4.69, 9.17) is 11.6 Å². The van der Waals surface area contributed by atoms with Gasteiger partial charge in [0.15, 0.2) is 0 Å². The van der Waals surface area contributed by atoms with E-state index in [0.717, 1.165) is 10.0 Å². The molecule has 0 spiro atoms. The van der Waals surface area contributed by atoms with Gasteiger partial charge >= 0.3 is 0 Å². The van der Waals surface area contributed by atoms with E-state index in [1.807, 2.05) is 19.1 Å². The summed E-state index contributed by atoms with van der Waals surface area (Å²) in [4.78, 5) is 23.9. The van der Waals surface area contributed by atoms with E-state index in [1.165, 1.54) is 0 Å². The highest BCUT2D eigenvalue weighted by Crippen LogP contribution is 2.17. The van der Waals surface area contributed by atoms with Crippen LogP contribution in [0.25, 0.3) is 0 Å². The van der Waals surface area contributed by atoms with Crippen molar-refractivity contribution in [2.24, 2.45) is 0 Å². The van der Waals surface area contributed by atoms with Crippen molar-refractivity contribution in [3.63, 3.8) is 0 Å². The summed E-state index contributed by atoms with van der Waals surface area (Å²) < 4.78 is 0.891. The summed E-state index contributed by atoms with van der Waals surface area (Å²) >= 11 is 9.24. The highest BCUT2D eigenvalue weighted by Gasteiger charge is 2.12. The molecule has 1 atom stereocenters. The molecule has 2 rings (SSSR count). The minimum Gasteiger partial charge on any atom is -0.348 e. The average Bonchev–Trinajstić information content (AvgIpc) is 2.53. The minimum atomic E-state index is -0.289. The van der Waals surface area contributed by atoms with Gasteiger partial charge in [-0.2, -0.15) is 0 Å². The molecule has 0 saturated carbocycles. The van der Waals surface area contributed by atoms with Crippen LogP contribution in [0.3, 0.4) is 0 Å². The van der Waals surface area contributed by atoms with E-state index in [9.17, 15) is 9.59 Å². The number of benzene rings is 2. The third-order valence-corrected chi connectivity index (χ3v) is 4.01. The zero-order chi connectivity index (χ0) is 16.8. The highest BCUT2D eigenvalue weighted by atomic mass is 79.9. The molecule has 0 unspecified atom stereocenters. The zero-order valence-corrected chi connectivity index (χ0v) is 14.8. The van der Waals surface area contributed by atoms with Gasteiger partial charge in [0, 0.05) is 15.1 Å². The van der Waals surface area contributed by atoms with Crippen LogP contribution < -0.4 is 10.6 Å². The molecule has 2 amide bonds. The molecule has 0 saturated heterocycles. The van der Waals surface area contributed by atoms with Crippen LogP contribution in [-0.2, 0) is 4.79 Å². The Bertz CT molecular complexity index is 704. The molecular weight excluding hydrogens is 380 g/mol. The zero-order valence-electron chi connectivity index (χ0n) is 12.5. The molecule has 0 aliphatic heterocycles. The molecule has 0 radical (unpaired) electrons. The lowest BCUT2D eigenvalue weighted by Gasteiger charge is -2.15. The summed E-state index contributed by atoms with van der Waals surface area (Å²) in [6, 6.07) is 14.0. The second-order valence-electron chi connectivity index (χ2n) is 5.03. The molecule has 120 valence electrons. The van der Waals surface area contributed by atoms with Crippen molar-refractivity contribution in [3.05, 3.63) is 69.2 Å². The minimum absolute atomic E-state index is 0.0835. The second-order valence-corrected chi connectivity index (χ2v) is 6.39. The van der Waals surface area contributed by atoms with Gasteiger partial charge in [0.05, 0.1) is 12.6 Å². The number of carbonyl (C=O) groups excluding carboxylic acids is 2. The summed E-state index contributed by atoms with van der Waals surface area (Å²) in [7, 11) is 0. The molecule has 0 heterocycles. The van der Waals surface area contributed by atoms with Gasteiger partial charge in [-0.3, -0.25) is 9.59 Å². The topological polar surface area (TPSA) is 58.2 Å². The molecule has 0 aliphatic carbocycles. The molecule has 6 heteroatoms. The van der Waals surface area contributed by atoms with Crippen LogP contribution in [-0.4, -0.2) is 18.4 Å². The maximum Gasteiger partial charge on any atom is 0.251 e. The van der Waals surface area contributed by atoms with Crippen molar-refractivity contribution in [1.29, 1.82) is 0 Å². The van der Waals surface area contributed by atoms with Crippen LogP contribution in [0.4, 0.5) is 0 Å². The van der Waals surface area contributed by atoms with E-state index in [1.54, 1.807) is 36.4 Å². The van der Waals surface area contributed by atoms with Gasteiger partial charge in [-0.15, -0.1) is 0 Å². The predicted molar refractivity (Wildman–Crippen MR) is 94.5 cm³/mol. The van der Waals surface area contributed by atoms with Gasteiger partial charge in [-0.25, -0.2) is 0 Å². The monoisotopic (exact) mass is 394 g/mol. The fourth-order valence-electron chi connectivity index (χ4n) is 2.02. The quantitative estimate of drug-likeness (QED) is 0.811. The first kappa shape index (κ1) is 17.5. The first-order chi connectivity index (χ1) is 11.0. The number of amides is 2. The summed E-state index contributed by atoms with van der Waals surface area (Å²) in [6.07, 6.45) is 0. The van der Waals surface area contributed by atoms with Crippen LogP contribution in [0.5, 0.6) is 0 Å². The van der Waals surface area contributed by atoms with Crippen molar-refractivity contribution in [3.8, 4) is 0 Å². The van der Waals surface area contributed by atoms with Crippen LogP contribution in [0, 0.1) is 0 Å². The normalized spacial score (nSPS) is 11.6. The van der Waals surface area contributed by atoms with Gasteiger partial charge in [0.2, 0.25) is 5.91 Å². The lowest BCUT2D eigenvalue weighted by Crippen LogP contribution is -2.38. The van der Waals surface area contributed by atoms with E-state index in [2.05, 4.69) is 26.6 Å². The molecule has 2 aromatic carbocycles. The van der Waals surface area contributed by atoms with Gasteiger partial charge in [0.25, 0.3) is 5.91 Å². The Morgan fingerprint density at radius 2 is 1.87 bits per heavy atom. The largest absolute Gasteiger partial charge is 0.348 e. The maximum atomic E-state index is 11.9. The Hall–Kier alpha value is -1.85. The van der Waals surface area contributed by atoms with Crippen LogP contribution in [0.15, 0.2) is 53.0 Å². The number of hydrogen-bond acceptors (Lipinski definition) is 2. The molecule has 23 heavy (non-hydrogen) atoms. The van der Waals surface area contributed by atoms with Crippen molar-refractivity contribution in [2.75, 3.05) is 6.54 Å². The summed E-state index contributed by atoms with van der Waals surface area (Å²) in [5.74, 6) is -0.550. The Morgan fingerprint density at radius 1 is 1.17 bits per heavy atom. The predicted octanol–water partition coefficient (Wildman–Crippen LogP) is 3.71. The van der Waals surface area contributed by atoms with Crippen molar-refractivity contribution < 1.29 is 9.59 Å². The van der Waals surface area contributed by atoms with E-state index < -0.39 is 0 Å². The molecule has 2 aromatic rings. The van der Waals surface area contributed by atoms with E-state index in [0.29, 0.717) is 10.6 Å². The summed E-state index contributed by atoms with van der Waals surface area (Å²) in [5, 5.41) is 6.03. The smallest absolute Gasteiger partial charge is 0.251 e. The summed E-state index contributed by atoms with van der Waals surface area (Å²) in [6.45, 7) is 1.78. The molecule has 2 N–H and O–H groups in total. The first-order valence-electron chi connectivity index (χ1n) is 7.04. The lowest BCUT2D eigenvalue weighted by atomic mass is 10.1. The van der Waals surface area contributed by atoms with E-state index in [-0.39, 0.29) is 24.4 Å². The Morgan fingerprint density at radius 3 is 2.52 bits per heavy atom. The summed E-state index contributed by atoms with van der Waals surface area (Å²) in [5.41, 5.74) is 1.41. The maximum absolute atomic E-state index is 11.9. The molecular formula is C17H16BrClN2O2. The molecule has 0 fully saturated rings. The number of carbonyl (C=O) groups is 2. The Balaban J connectivity index is 1.85. The average molecular weight is 396 g/mol. The lowest BCUT2D eigenvalue weighted by molar-refractivity contribution is -0.120. The van der Waals surface area contributed by atoms with Crippen LogP contribution in [0.1, 0.15) is 28.9 Å². The van der Waals surface area contributed by atoms with Crippen molar-refractivity contribution in [1.82, 2.24) is 10.6 Å². The number of nitrogens with one attached hydrogen (secondary N) is 2. The fraction of sp³-hybridized carbons (Fsp3) is 0.176. The SMILES string of the molecule is C[C@H](NC(=O)CNC(=O)c1ccc(Br)cc1)c1cccc(Cl)c1. The number of halogens is 2. The Kier molecular flexibility index (Phi) is 6.19. The Labute approximate surface area is 148 Å². The highest BCUT2D eigenvalue weighted by molar-refractivity contribution is 9.10. The molecule has 4 nitrogen and oxygen atoms in total. The molecule has 0 bridgehead atoms. The first-order valence-corrected chi connectivity index (χ1v) is 8.21.